The van der Waals surface area contributed by atoms with E-state index in [0.717, 1.165) is 12.8 Å². The van der Waals surface area contributed by atoms with Crippen LogP contribution in [0.1, 0.15) is 29.6 Å². The zero-order valence-electron chi connectivity index (χ0n) is 8.36. The van der Waals surface area contributed by atoms with Gasteiger partial charge in [-0.05, 0) is 24.6 Å². The molecule has 0 bridgehead atoms. The number of carboxylic acid groups (broad SMARTS) is 1. The molecule has 2 aromatic rings. The topological polar surface area (TPSA) is 63.3 Å². The van der Waals surface area contributed by atoms with E-state index >= 15 is 0 Å². The minimum absolute atomic E-state index is 0.235. The molecule has 0 aliphatic heterocycles. The number of aromatic nitrogens is 1. The van der Waals surface area contributed by atoms with Crippen molar-refractivity contribution in [2.75, 3.05) is 0 Å². The second-order valence-corrected chi connectivity index (χ2v) is 3.35. The molecule has 0 fully saturated rings. The Morgan fingerprint density at radius 1 is 1.53 bits per heavy atom. The van der Waals surface area contributed by atoms with Crippen molar-refractivity contribution >= 4 is 17.1 Å². The highest BCUT2D eigenvalue weighted by Crippen LogP contribution is 2.18. The largest absolute Gasteiger partial charge is 0.478 e. The van der Waals surface area contributed by atoms with Crippen LogP contribution in [0.2, 0.25) is 0 Å². The molecule has 1 heterocycles. The lowest BCUT2D eigenvalue weighted by atomic mass is 10.2. The SMILES string of the molecule is CCCc1nc2cc(C(=O)O)ccc2o1. The summed E-state index contributed by atoms with van der Waals surface area (Å²) < 4.78 is 5.44. The number of carbonyl (C=O) groups is 1. The van der Waals surface area contributed by atoms with E-state index in [1.165, 1.54) is 12.1 Å². The molecule has 0 saturated carbocycles. The average molecular weight is 205 g/mol. The standard InChI is InChI=1S/C11H11NO3/c1-2-3-10-12-8-6-7(11(13)14)4-5-9(8)15-10/h4-6H,2-3H2,1H3,(H,13,14). The Bertz CT molecular complexity index is 502. The normalized spacial score (nSPS) is 10.7. The lowest BCUT2D eigenvalue weighted by molar-refractivity contribution is 0.0697. The lowest BCUT2D eigenvalue weighted by Gasteiger charge is -1.91. The third-order valence-corrected chi connectivity index (χ3v) is 2.14. The van der Waals surface area contributed by atoms with Gasteiger partial charge in [0, 0.05) is 6.42 Å². The lowest BCUT2D eigenvalue weighted by Crippen LogP contribution is -1.94. The number of aryl methyl sites for hydroxylation is 1. The van der Waals surface area contributed by atoms with Gasteiger partial charge in [-0.3, -0.25) is 0 Å². The quantitative estimate of drug-likeness (QED) is 0.836. The molecule has 1 N–H and O–H groups in total. The molecule has 0 atom stereocenters. The van der Waals surface area contributed by atoms with Gasteiger partial charge >= 0.3 is 5.97 Å². The van der Waals surface area contributed by atoms with E-state index in [4.69, 9.17) is 9.52 Å². The number of benzene rings is 1. The maximum absolute atomic E-state index is 10.7. The maximum Gasteiger partial charge on any atom is 0.335 e. The van der Waals surface area contributed by atoms with Crippen molar-refractivity contribution < 1.29 is 14.3 Å². The van der Waals surface area contributed by atoms with E-state index in [9.17, 15) is 4.79 Å². The molecule has 0 radical (unpaired) electrons. The molecule has 4 nitrogen and oxygen atoms in total. The van der Waals surface area contributed by atoms with Crippen molar-refractivity contribution in [1.82, 2.24) is 4.98 Å². The third kappa shape index (κ3) is 1.83. The Labute approximate surface area is 86.5 Å². The predicted octanol–water partition coefficient (Wildman–Crippen LogP) is 2.48. The third-order valence-electron chi connectivity index (χ3n) is 2.14. The number of hydrogen-bond donors (Lipinski definition) is 1. The van der Waals surface area contributed by atoms with Gasteiger partial charge in [-0.25, -0.2) is 9.78 Å². The van der Waals surface area contributed by atoms with Crippen LogP contribution >= 0.6 is 0 Å². The van der Waals surface area contributed by atoms with Crippen LogP contribution in [0.15, 0.2) is 22.6 Å². The van der Waals surface area contributed by atoms with Gasteiger partial charge < -0.3 is 9.52 Å². The number of fused-ring (bicyclic) bond motifs is 1. The van der Waals surface area contributed by atoms with E-state index in [1.807, 2.05) is 6.92 Å². The number of carboxylic acids is 1. The molecule has 0 saturated heterocycles. The van der Waals surface area contributed by atoms with Crippen molar-refractivity contribution in [1.29, 1.82) is 0 Å². The molecule has 0 aliphatic carbocycles. The monoisotopic (exact) mass is 205 g/mol. The number of nitrogens with zero attached hydrogens (tertiary/aromatic N) is 1. The fourth-order valence-corrected chi connectivity index (χ4v) is 1.43. The summed E-state index contributed by atoms with van der Waals surface area (Å²) in [7, 11) is 0. The molecule has 1 aromatic heterocycles. The number of aromatic carboxylic acids is 1. The summed E-state index contributed by atoms with van der Waals surface area (Å²) in [6.07, 6.45) is 1.73. The Morgan fingerprint density at radius 2 is 2.33 bits per heavy atom. The van der Waals surface area contributed by atoms with Crippen LogP contribution in [-0.2, 0) is 6.42 Å². The summed E-state index contributed by atoms with van der Waals surface area (Å²) in [6.45, 7) is 2.04. The highest BCUT2D eigenvalue weighted by atomic mass is 16.4. The second-order valence-electron chi connectivity index (χ2n) is 3.35. The Balaban J connectivity index is 2.47. The summed E-state index contributed by atoms with van der Waals surface area (Å²) in [6, 6.07) is 4.69. The number of rotatable bonds is 3. The van der Waals surface area contributed by atoms with Crippen LogP contribution in [0.25, 0.3) is 11.1 Å². The van der Waals surface area contributed by atoms with E-state index in [1.54, 1.807) is 6.07 Å². The van der Waals surface area contributed by atoms with Gasteiger partial charge in [0.15, 0.2) is 11.5 Å². The van der Waals surface area contributed by atoms with Crippen LogP contribution < -0.4 is 0 Å². The zero-order valence-corrected chi connectivity index (χ0v) is 8.36. The van der Waals surface area contributed by atoms with Gasteiger partial charge in [-0.2, -0.15) is 0 Å². The van der Waals surface area contributed by atoms with Crippen molar-refractivity contribution in [3.63, 3.8) is 0 Å². The van der Waals surface area contributed by atoms with Crippen LogP contribution in [0.4, 0.5) is 0 Å². The van der Waals surface area contributed by atoms with Gasteiger partial charge in [0.2, 0.25) is 0 Å². The van der Waals surface area contributed by atoms with Crippen LogP contribution in [0.5, 0.6) is 0 Å². The zero-order chi connectivity index (χ0) is 10.8. The van der Waals surface area contributed by atoms with E-state index in [-0.39, 0.29) is 5.56 Å². The molecule has 0 spiro atoms. The van der Waals surface area contributed by atoms with Gasteiger partial charge in [0.25, 0.3) is 0 Å². The van der Waals surface area contributed by atoms with Crippen molar-refractivity contribution in [2.45, 2.75) is 19.8 Å². The minimum atomic E-state index is -0.947. The first-order valence-corrected chi connectivity index (χ1v) is 4.83. The van der Waals surface area contributed by atoms with Crippen LogP contribution in [-0.4, -0.2) is 16.1 Å². The first-order valence-electron chi connectivity index (χ1n) is 4.83. The minimum Gasteiger partial charge on any atom is -0.478 e. The Hall–Kier alpha value is -1.84. The average Bonchev–Trinajstić information content (AvgIpc) is 2.59. The molecule has 1 aromatic carbocycles. The van der Waals surface area contributed by atoms with Crippen molar-refractivity contribution in [3.8, 4) is 0 Å². The van der Waals surface area contributed by atoms with Crippen molar-refractivity contribution in [2.24, 2.45) is 0 Å². The molecular formula is C11H11NO3. The molecule has 2 rings (SSSR count). The Kier molecular flexibility index (Phi) is 2.41. The van der Waals surface area contributed by atoms with E-state index in [0.29, 0.717) is 17.0 Å². The smallest absolute Gasteiger partial charge is 0.335 e. The van der Waals surface area contributed by atoms with Crippen LogP contribution in [0.3, 0.4) is 0 Å². The maximum atomic E-state index is 10.7. The fraction of sp³-hybridized carbons (Fsp3) is 0.273. The molecule has 0 aliphatic rings. The second kappa shape index (κ2) is 3.73. The van der Waals surface area contributed by atoms with Crippen LogP contribution in [0, 0.1) is 0 Å². The Morgan fingerprint density at radius 3 is 3.00 bits per heavy atom. The molecule has 0 unspecified atom stereocenters. The highest BCUT2D eigenvalue weighted by Gasteiger charge is 2.08. The van der Waals surface area contributed by atoms with Gasteiger partial charge in [-0.15, -0.1) is 0 Å². The molecular weight excluding hydrogens is 194 g/mol. The summed E-state index contributed by atoms with van der Waals surface area (Å²) in [5, 5.41) is 8.80. The van der Waals surface area contributed by atoms with E-state index < -0.39 is 5.97 Å². The molecule has 0 amide bonds. The molecule has 4 heteroatoms. The molecule has 15 heavy (non-hydrogen) atoms. The van der Waals surface area contributed by atoms with E-state index in [2.05, 4.69) is 4.98 Å². The van der Waals surface area contributed by atoms with Crippen molar-refractivity contribution in [3.05, 3.63) is 29.7 Å². The fourth-order valence-electron chi connectivity index (χ4n) is 1.43. The summed E-state index contributed by atoms with van der Waals surface area (Å²) in [5.41, 5.74) is 1.49. The first-order chi connectivity index (χ1) is 7.20. The molecule has 78 valence electrons. The summed E-state index contributed by atoms with van der Waals surface area (Å²) in [5.74, 6) is -0.285. The van der Waals surface area contributed by atoms with Gasteiger partial charge in [-0.1, -0.05) is 6.92 Å². The van der Waals surface area contributed by atoms with Gasteiger partial charge in [0.05, 0.1) is 5.56 Å². The summed E-state index contributed by atoms with van der Waals surface area (Å²) in [4.78, 5) is 14.9. The first kappa shape index (κ1) is 9.71. The highest BCUT2D eigenvalue weighted by molar-refractivity contribution is 5.91. The number of oxazole rings is 1. The number of hydrogen-bond acceptors (Lipinski definition) is 3. The van der Waals surface area contributed by atoms with Gasteiger partial charge in [0.1, 0.15) is 5.52 Å². The summed E-state index contributed by atoms with van der Waals surface area (Å²) >= 11 is 0. The predicted molar refractivity (Wildman–Crippen MR) is 55.0 cm³/mol.